The molecule has 0 saturated carbocycles. The highest BCUT2D eigenvalue weighted by Gasteiger charge is 2.42. The third kappa shape index (κ3) is 3.34. The van der Waals surface area contributed by atoms with E-state index < -0.39 is 0 Å². The van der Waals surface area contributed by atoms with Gasteiger partial charge in [-0.25, -0.2) is 0 Å². The summed E-state index contributed by atoms with van der Waals surface area (Å²) in [6.45, 7) is 2.02. The van der Waals surface area contributed by atoms with E-state index in [1.54, 1.807) is 0 Å². The Morgan fingerprint density at radius 1 is 1.33 bits per heavy atom. The summed E-state index contributed by atoms with van der Waals surface area (Å²) in [5.74, 6) is 0.330. The highest BCUT2D eigenvalue weighted by molar-refractivity contribution is 5.82. The molecule has 2 heterocycles. The molecule has 114 valence electrons. The summed E-state index contributed by atoms with van der Waals surface area (Å²) in [6, 6.07) is 9.62. The van der Waals surface area contributed by atoms with Crippen molar-refractivity contribution in [3.8, 4) is 0 Å². The molecule has 2 aliphatic rings. The molecule has 1 aromatic rings. The molecular formula is C17H23NO3. The van der Waals surface area contributed by atoms with E-state index >= 15 is 0 Å². The molecule has 4 nitrogen and oxygen atoms in total. The van der Waals surface area contributed by atoms with Crippen LogP contribution >= 0.6 is 0 Å². The number of Topliss-reactive ketones (excluding diaryl/α,β-unsaturated/α-hetero) is 1. The van der Waals surface area contributed by atoms with Crippen molar-refractivity contribution in [3.05, 3.63) is 35.9 Å². The normalized spacial score (nSPS) is 30.4. The van der Waals surface area contributed by atoms with E-state index in [2.05, 4.69) is 0 Å². The summed E-state index contributed by atoms with van der Waals surface area (Å²) in [6.07, 6.45) is 2.91. The Kier molecular flexibility index (Phi) is 4.38. The second kappa shape index (κ2) is 6.26. The summed E-state index contributed by atoms with van der Waals surface area (Å²) in [7, 11) is 0. The summed E-state index contributed by atoms with van der Waals surface area (Å²) < 4.78 is 11.3. The van der Waals surface area contributed by atoms with Gasteiger partial charge in [-0.05, 0) is 18.4 Å². The standard InChI is InChI=1S/C17H23NO3/c18-15(13-4-2-1-3-5-13)10-16(19)14-6-8-21-17(11-14)7-9-20-12-17/h1-5,14-15H,6-12,18H2. The van der Waals surface area contributed by atoms with Crippen LogP contribution in [0.5, 0.6) is 0 Å². The highest BCUT2D eigenvalue weighted by Crippen LogP contribution is 2.37. The van der Waals surface area contributed by atoms with Gasteiger partial charge in [0, 0.05) is 38.0 Å². The number of carbonyl (C=O) groups excluding carboxylic acids is 1. The van der Waals surface area contributed by atoms with Crippen LogP contribution < -0.4 is 5.73 Å². The number of benzene rings is 1. The van der Waals surface area contributed by atoms with E-state index in [1.165, 1.54) is 0 Å². The van der Waals surface area contributed by atoms with Gasteiger partial charge in [0.05, 0.1) is 12.2 Å². The van der Waals surface area contributed by atoms with E-state index in [1.807, 2.05) is 30.3 Å². The second-order valence-corrected chi connectivity index (χ2v) is 6.21. The zero-order valence-electron chi connectivity index (χ0n) is 12.3. The van der Waals surface area contributed by atoms with Crippen LogP contribution in [0.2, 0.25) is 0 Å². The Bertz CT molecular complexity index is 482. The first kappa shape index (κ1) is 14.7. The molecule has 2 saturated heterocycles. The first-order valence-corrected chi connectivity index (χ1v) is 7.73. The predicted octanol–water partition coefficient (Wildman–Crippen LogP) is 2.23. The van der Waals surface area contributed by atoms with Gasteiger partial charge in [-0.3, -0.25) is 4.79 Å². The molecule has 3 unspecified atom stereocenters. The zero-order valence-corrected chi connectivity index (χ0v) is 12.3. The summed E-state index contributed by atoms with van der Waals surface area (Å²) in [5.41, 5.74) is 6.98. The van der Waals surface area contributed by atoms with Crippen LogP contribution in [0.25, 0.3) is 0 Å². The molecule has 2 N–H and O–H groups in total. The van der Waals surface area contributed by atoms with Crippen molar-refractivity contribution in [2.24, 2.45) is 11.7 Å². The lowest BCUT2D eigenvalue weighted by Gasteiger charge is -2.36. The number of hydrogen-bond acceptors (Lipinski definition) is 4. The molecule has 0 radical (unpaired) electrons. The minimum atomic E-state index is -0.213. The number of ether oxygens (including phenoxy) is 2. The second-order valence-electron chi connectivity index (χ2n) is 6.21. The first-order chi connectivity index (χ1) is 10.2. The number of carbonyl (C=O) groups is 1. The van der Waals surface area contributed by atoms with Crippen LogP contribution in [0.3, 0.4) is 0 Å². The highest BCUT2D eigenvalue weighted by atomic mass is 16.6. The third-order valence-electron chi connectivity index (χ3n) is 4.66. The molecule has 0 amide bonds. The Hall–Kier alpha value is -1.23. The summed E-state index contributed by atoms with van der Waals surface area (Å²) in [5, 5.41) is 0. The fourth-order valence-corrected chi connectivity index (χ4v) is 3.37. The molecule has 21 heavy (non-hydrogen) atoms. The van der Waals surface area contributed by atoms with E-state index in [9.17, 15) is 4.79 Å². The predicted molar refractivity (Wildman–Crippen MR) is 79.8 cm³/mol. The fourth-order valence-electron chi connectivity index (χ4n) is 3.37. The molecule has 2 fully saturated rings. The molecule has 1 aromatic carbocycles. The number of nitrogens with two attached hydrogens (primary N) is 1. The molecule has 0 aromatic heterocycles. The van der Waals surface area contributed by atoms with E-state index in [-0.39, 0.29) is 23.3 Å². The minimum Gasteiger partial charge on any atom is -0.378 e. The van der Waals surface area contributed by atoms with Crippen LogP contribution in [-0.2, 0) is 14.3 Å². The van der Waals surface area contributed by atoms with Crippen molar-refractivity contribution >= 4 is 5.78 Å². The summed E-state index contributed by atoms with van der Waals surface area (Å²) >= 11 is 0. The minimum absolute atomic E-state index is 0.0650. The third-order valence-corrected chi connectivity index (χ3v) is 4.66. The van der Waals surface area contributed by atoms with E-state index in [4.69, 9.17) is 15.2 Å². The van der Waals surface area contributed by atoms with Crippen molar-refractivity contribution in [2.45, 2.75) is 37.3 Å². The van der Waals surface area contributed by atoms with Crippen molar-refractivity contribution in [2.75, 3.05) is 19.8 Å². The largest absolute Gasteiger partial charge is 0.378 e. The number of hydrogen-bond donors (Lipinski definition) is 1. The zero-order chi connectivity index (χ0) is 14.7. The lowest BCUT2D eigenvalue weighted by atomic mass is 9.81. The Morgan fingerprint density at radius 2 is 2.14 bits per heavy atom. The summed E-state index contributed by atoms with van der Waals surface area (Å²) in [4.78, 5) is 12.5. The van der Waals surface area contributed by atoms with Crippen LogP contribution in [-0.4, -0.2) is 31.2 Å². The molecule has 0 aliphatic carbocycles. The Morgan fingerprint density at radius 3 is 2.86 bits per heavy atom. The molecule has 3 rings (SSSR count). The van der Waals surface area contributed by atoms with Gasteiger partial charge < -0.3 is 15.2 Å². The van der Waals surface area contributed by atoms with Crippen molar-refractivity contribution < 1.29 is 14.3 Å². The molecule has 4 heteroatoms. The fraction of sp³-hybridized carbons (Fsp3) is 0.588. The van der Waals surface area contributed by atoms with Crippen molar-refractivity contribution in [3.63, 3.8) is 0 Å². The quantitative estimate of drug-likeness (QED) is 0.923. The van der Waals surface area contributed by atoms with Gasteiger partial charge in [0.2, 0.25) is 0 Å². The van der Waals surface area contributed by atoms with Gasteiger partial charge >= 0.3 is 0 Å². The first-order valence-electron chi connectivity index (χ1n) is 7.73. The van der Waals surface area contributed by atoms with Crippen LogP contribution in [0.1, 0.15) is 37.3 Å². The van der Waals surface area contributed by atoms with Crippen molar-refractivity contribution in [1.29, 1.82) is 0 Å². The molecule has 0 bridgehead atoms. The Balaban J connectivity index is 1.60. The van der Waals surface area contributed by atoms with E-state index in [0.29, 0.717) is 19.6 Å². The van der Waals surface area contributed by atoms with Gasteiger partial charge in [-0.15, -0.1) is 0 Å². The topological polar surface area (TPSA) is 61.6 Å². The van der Waals surface area contributed by atoms with Gasteiger partial charge in [-0.1, -0.05) is 30.3 Å². The molecule has 1 spiro atoms. The van der Waals surface area contributed by atoms with Gasteiger partial charge in [0.15, 0.2) is 0 Å². The van der Waals surface area contributed by atoms with Crippen molar-refractivity contribution in [1.82, 2.24) is 0 Å². The van der Waals surface area contributed by atoms with E-state index in [0.717, 1.165) is 31.4 Å². The maximum Gasteiger partial charge on any atom is 0.138 e. The lowest BCUT2D eigenvalue weighted by Crippen LogP contribution is -2.42. The molecule has 2 aliphatic heterocycles. The average Bonchev–Trinajstić information content (AvgIpc) is 2.96. The lowest BCUT2D eigenvalue weighted by molar-refractivity contribution is -0.137. The SMILES string of the molecule is NC(CC(=O)C1CCOC2(CCOC2)C1)c1ccccc1. The van der Waals surface area contributed by atoms with Crippen LogP contribution in [0.15, 0.2) is 30.3 Å². The van der Waals surface area contributed by atoms with Gasteiger partial charge in [0.25, 0.3) is 0 Å². The molecule has 3 atom stereocenters. The van der Waals surface area contributed by atoms with Gasteiger partial charge in [-0.2, -0.15) is 0 Å². The number of ketones is 1. The van der Waals surface area contributed by atoms with Crippen LogP contribution in [0, 0.1) is 5.92 Å². The monoisotopic (exact) mass is 289 g/mol. The average molecular weight is 289 g/mol. The van der Waals surface area contributed by atoms with Gasteiger partial charge in [0.1, 0.15) is 5.78 Å². The number of rotatable bonds is 4. The maximum absolute atomic E-state index is 12.5. The Labute approximate surface area is 125 Å². The van der Waals surface area contributed by atoms with Crippen LogP contribution in [0.4, 0.5) is 0 Å². The smallest absolute Gasteiger partial charge is 0.138 e. The maximum atomic E-state index is 12.5. The molecular weight excluding hydrogens is 266 g/mol.